The first kappa shape index (κ1) is 20.0. The molecule has 0 saturated carbocycles. The van der Waals surface area contributed by atoms with Crippen LogP contribution < -0.4 is 26.5 Å². The van der Waals surface area contributed by atoms with Gasteiger partial charge in [0.05, 0.1) is 0 Å². The van der Waals surface area contributed by atoms with Crippen LogP contribution in [0.5, 0.6) is 0 Å². The first-order valence-electron chi connectivity index (χ1n) is 10.9. The number of anilines is 1. The molecule has 0 spiro atoms. The summed E-state index contributed by atoms with van der Waals surface area (Å²) in [5.41, 5.74) is 9.05. The van der Waals surface area contributed by atoms with Crippen LogP contribution >= 0.6 is 0 Å². The zero-order valence-electron chi connectivity index (χ0n) is 17.9. The second-order valence-electron chi connectivity index (χ2n) is 8.05. The largest absolute Gasteiger partial charge is 0.399 e. The maximum Gasteiger partial charge on any atom is 0.179 e. The number of nitrogen functional groups attached to an aromatic ring is 1. The molecule has 1 nitrogen and oxygen atoms in total. The highest BCUT2D eigenvalue weighted by atomic mass is 28.3. The fourth-order valence-electron chi connectivity index (χ4n) is 4.65. The van der Waals surface area contributed by atoms with Gasteiger partial charge in [-0.3, -0.25) is 0 Å². The van der Waals surface area contributed by atoms with E-state index in [2.05, 4.69) is 127 Å². The molecule has 5 rings (SSSR count). The van der Waals surface area contributed by atoms with Crippen molar-refractivity contribution in [3.63, 3.8) is 0 Å². The average molecular weight is 428 g/mol. The third-order valence-corrected chi connectivity index (χ3v) is 11.0. The molecule has 5 aromatic carbocycles. The molecule has 32 heavy (non-hydrogen) atoms. The summed E-state index contributed by atoms with van der Waals surface area (Å²) in [6.07, 6.45) is 0. The van der Waals surface area contributed by atoms with Gasteiger partial charge < -0.3 is 5.73 Å². The van der Waals surface area contributed by atoms with Gasteiger partial charge in [-0.1, -0.05) is 127 Å². The molecule has 0 aliphatic rings. The van der Waals surface area contributed by atoms with Crippen LogP contribution in [0.15, 0.2) is 140 Å². The lowest BCUT2D eigenvalue weighted by Gasteiger charge is -2.34. The van der Waals surface area contributed by atoms with Crippen LogP contribution in [0, 0.1) is 0 Å². The van der Waals surface area contributed by atoms with Crippen LogP contribution in [0.2, 0.25) is 0 Å². The molecule has 0 aliphatic heterocycles. The Kier molecular flexibility index (Phi) is 5.45. The summed E-state index contributed by atoms with van der Waals surface area (Å²) in [5, 5.41) is 5.54. The zero-order valence-corrected chi connectivity index (χ0v) is 18.9. The highest BCUT2D eigenvalue weighted by molar-refractivity contribution is 7.19. The van der Waals surface area contributed by atoms with E-state index in [1.54, 1.807) is 0 Å². The van der Waals surface area contributed by atoms with Crippen molar-refractivity contribution >= 4 is 34.5 Å². The van der Waals surface area contributed by atoms with E-state index in [0.29, 0.717) is 0 Å². The summed E-state index contributed by atoms with van der Waals surface area (Å²) in [6.45, 7) is 0. The van der Waals surface area contributed by atoms with E-state index >= 15 is 0 Å². The normalized spacial score (nSPS) is 11.2. The molecule has 5 aromatic rings. The molecular weight excluding hydrogens is 402 g/mol. The number of nitrogens with two attached hydrogens (primary N) is 1. The molecule has 0 aliphatic carbocycles. The summed E-state index contributed by atoms with van der Waals surface area (Å²) < 4.78 is 0. The Balaban J connectivity index is 1.76. The van der Waals surface area contributed by atoms with Gasteiger partial charge >= 0.3 is 0 Å². The van der Waals surface area contributed by atoms with Gasteiger partial charge in [0.15, 0.2) is 8.07 Å². The lowest BCUT2D eigenvalue weighted by Crippen LogP contribution is -2.74. The maximum atomic E-state index is 5.88. The second-order valence-corrected chi connectivity index (χ2v) is 11.9. The maximum absolute atomic E-state index is 5.88. The molecule has 0 bridgehead atoms. The van der Waals surface area contributed by atoms with Gasteiger partial charge in [0.25, 0.3) is 0 Å². The van der Waals surface area contributed by atoms with Crippen molar-refractivity contribution in [3.8, 4) is 11.1 Å². The first-order valence-corrected chi connectivity index (χ1v) is 12.9. The Morgan fingerprint density at radius 2 is 0.656 bits per heavy atom. The molecule has 0 saturated heterocycles. The minimum absolute atomic E-state index is 0.786. The average Bonchev–Trinajstić information content (AvgIpc) is 2.88. The number of rotatable bonds is 5. The van der Waals surface area contributed by atoms with Gasteiger partial charge in [0.2, 0.25) is 0 Å². The monoisotopic (exact) mass is 427 g/mol. The topological polar surface area (TPSA) is 26.0 Å². The predicted octanol–water partition coefficient (Wildman–Crippen LogP) is 4.31. The summed E-state index contributed by atoms with van der Waals surface area (Å²) in [7, 11) is -2.45. The fraction of sp³-hybridized carbons (Fsp3) is 0. The molecule has 0 heterocycles. The van der Waals surface area contributed by atoms with Crippen molar-refractivity contribution in [2.24, 2.45) is 0 Å². The highest BCUT2D eigenvalue weighted by Crippen LogP contribution is 2.20. The van der Waals surface area contributed by atoms with Crippen LogP contribution in [-0.2, 0) is 0 Å². The molecular formula is C30H25NSi. The fourth-order valence-corrected chi connectivity index (χ4v) is 9.40. The van der Waals surface area contributed by atoms with Crippen LogP contribution in [-0.4, -0.2) is 8.07 Å². The summed E-state index contributed by atoms with van der Waals surface area (Å²) in [6, 6.07) is 50.2. The van der Waals surface area contributed by atoms with Crippen LogP contribution in [0.1, 0.15) is 0 Å². The van der Waals surface area contributed by atoms with Crippen molar-refractivity contribution in [1.29, 1.82) is 0 Å². The van der Waals surface area contributed by atoms with E-state index in [0.717, 1.165) is 5.69 Å². The summed E-state index contributed by atoms with van der Waals surface area (Å²) in [5.74, 6) is 0. The van der Waals surface area contributed by atoms with Gasteiger partial charge in [0, 0.05) is 5.69 Å². The minimum Gasteiger partial charge on any atom is -0.399 e. The molecule has 2 heteroatoms. The zero-order chi connectivity index (χ0) is 21.8. The second kappa shape index (κ2) is 8.70. The van der Waals surface area contributed by atoms with E-state index in [-0.39, 0.29) is 0 Å². The molecule has 0 unspecified atom stereocenters. The van der Waals surface area contributed by atoms with E-state index in [1.807, 2.05) is 12.1 Å². The lowest BCUT2D eigenvalue weighted by molar-refractivity contribution is 1.62. The first-order chi connectivity index (χ1) is 15.8. The van der Waals surface area contributed by atoms with Crippen molar-refractivity contribution < 1.29 is 0 Å². The van der Waals surface area contributed by atoms with Gasteiger partial charge in [-0.15, -0.1) is 0 Å². The lowest BCUT2D eigenvalue weighted by atomic mass is 10.1. The molecule has 0 atom stereocenters. The van der Waals surface area contributed by atoms with Gasteiger partial charge in [-0.25, -0.2) is 0 Å². The Hall–Kier alpha value is -3.88. The quantitative estimate of drug-likeness (QED) is 0.252. The van der Waals surface area contributed by atoms with Crippen molar-refractivity contribution in [2.75, 3.05) is 5.73 Å². The van der Waals surface area contributed by atoms with E-state index in [4.69, 9.17) is 5.73 Å². The van der Waals surface area contributed by atoms with E-state index < -0.39 is 8.07 Å². The third-order valence-electron chi connectivity index (χ3n) is 6.18. The van der Waals surface area contributed by atoms with Crippen LogP contribution in [0.4, 0.5) is 5.69 Å². The molecule has 0 aromatic heterocycles. The molecule has 154 valence electrons. The third kappa shape index (κ3) is 3.55. The van der Waals surface area contributed by atoms with Gasteiger partial charge in [-0.2, -0.15) is 0 Å². The Bertz CT molecular complexity index is 1180. The molecule has 0 fully saturated rings. The number of hydrogen-bond acceptors (Lipinski definition) is 1. The molecule has 0 amide bonds. The van der Waals surface area contributed by atoms with E-state index in [9.17, 15) is 0 Å². The van der Waals surface area contributed by atoms with Crippen molar-refractivity contribution in [3.05, 3.63) is 140 Å². The summed E-state index contributed by atoms with van der Waals surface area (Å²) in [4.78, 5) is 0. The van der Waals surface area contributed by atoms with Gasteiger partial charge in [0.1, 0.15) is 0 Å². The predicted molar refractivity (Wildman–Crippen MR) is 140 cm³/mol. The van der Waals surface area contributed by atoms with Crippen molar-refractivity contribution in [1.82, 2.24) is 0 Å². The Morgan fingerprint density at radius 3 is 1.03 bits per heavy atom. The molecule has 2 N–H and O–H groups in total. The smallest absolute Gasteiger partial charge is 0.179 e. The SMILES string of the molecule is Nc1ccc(-c2ccc([Si](c3ccccc3)(c3ccccc3)c3ccccc3)cc2)cc1. The Morgan fingerprint density at radius 1 is 0.344 bits per heavy atom. The van der Waals surface area contributed by atoms with E-state index in [1.165, 1.54) is 31.9 Å². The number of benzene rings is 5. The standard InChI is InChI=1S/C30H25NSi/c31-26-20-16-24(17-21-26)25-18-22-30(23-19-25)32(27-10-4-1-5-11-27,28-12-6-2-7-13-28)29-14-8-3-9-15-29/h1-23H,31H2. The van der Waals surface area contributed by atoms with Crippen LogP contribution in [0.3, 0.4) is 0 Å². The number of hydrogen-bond donors (Lipinski definition) is 1. The van der Waals surface area contributed by atoms with Crippen molar-refractivity contribution in [2.45, 2.75) is 0 Å². The summed E-state index contributed by atoms with van der Waals surface area (Å²) >= 11 is 0. The van der Waals surface area contributed by atoms with Gasteiger partial charge in [-0.05, 0) is 44.0 Å². The highest BCUT2D eigenvalue weighted by Gasteiger charge is 2.41. The van der Waals surface area contributed by atoms with Crippen LogP contribution in [0.25, 0.3) is 11.1 Å². The Labute approximate surface area is 190 Å². The molecule has 0 radical (unpaired) electrons. The minimum atomic E-state index is -2.45.